The molecule has 0 spiro atoms. The van der Waals surface area contributed by atoms with Gasteiger partial charge in [-0.25, -0.2) is 9.97 Å². The van der Waals surface area contributed by atoms with Crippen molar-refractivity contribution in [2.45, 2.75) is 43.9 Å². The first-order valence-corrected chi connectivity index (χ1v) is 13.8. The normalized spacial score (nSPS) is 20.2. The lowest BCUT2D eigenvalue weighted by Gasteiger charge is -2.25. The van der Waals surface area contributed by atoms with Gasteiger partial charge in [-0.2, -0.15) is 10.5 Å². The van der Waals surface area contributed by atoms with Crippen LogP contribution in [-0.4, -0.2) is 48.0 Å². The fourth-order valence-electron chi connectivity index (χ4n) is 5.51. The van der Waals surface area contributed by atoms with Crippen LogP contribution in [0.4, 0.5) is 17.3 Å². The lowest BCUT2D eigenvalue weighted by Crippen LogP contribution is -2.28. The maximum absolute atomic E-state index is 10.1. The van der Waals surface area contributed by atoms with Gasteiger partial charge in [0, 0.05) is 36.9 Å². The number of aromatic nitrogens is 2. The molecule has 1 saturated heterocycles. The monoisotopic (exact) mass is 536 g/mol. The third-order valence-corrected chi connectivity index (χ3v) is 8.22. The van der Waals surface area contributed by atoms with E-state index >= 15 is 0 Å². The third kappa shape index (κ3) is 5.06. The highest BCUT2D eigenvalue weighted by atomic mass is 16.5. The molecule has 0 amide bonds. The van der Waals surface area contributed by atoms with Crippen LogP contribution >= 0.6 is 0 Å². The molecule has 1 atom stereocenters. The third-order valence-electron chi connectivity index (χ3n) is 8.22. The predicted molar refractivity (Wildman–Crippen MR) is 151 cm³/mol. The molecule has 3 aliphatic rings. The van der Waals surface area contributed by atoms with Crippen molar-refractivity contribution < 1.29 is 14.6 Å². The number of anilines is 3. The fraction of sp³-hybridized carbons (Fsp3) is 0.419. The van der Waals surface area contributed by atoms with Gasteiger partial charge in [0.2, 0.25) is 5.95 Å². The first kappa shape index (κ1) is 26.1. The summed E-state index contributed by atoms with van der Waals surface area (Å²) in [5, 5.41) is 36.5. The van der Waals surface area contributed by atoms with Crippen LogP contribution in [-0.2, 0) is 10.2 Å². The molecule has 9 heteroatoms. The number of ether oxygens (including phenoxy) is 2. The van der Waals surface area contributed by atoms with Crippen LogP contribution in [0.5, 0.6) is 5.75 Å². The number of fused-ring (bicyclic) bond motifs is 1. The molecule has 40 heavy (non-hydrogen) atoms. The Hall–Kier alpha value is -4.18. The number of aliphatic hydroxyl groups is 1. The minimum Gasteiger partial charge on any atom is -0.491 e. The molecule has 3 aromatic rings. The number of rotatable bonds is 8. The first-order valence-electron chi connectivity index (χ1n) is 13.8. The average Bonchev–Trinajstić information content (AvgIpc) is 3.77. The van der Waals surface area contributed by atoms with Gasteiger partial charge in [-0.15, -0.1) is 0 Å². The van der Waals surface area contributed by atoms with E-state index < -0.39 is 5.41 Å². The lowest BCUT2D eigenvalue weighted by atomic mass is 9.83. The first-order chi connectivity index (χ1) is 19.5. The largest absolute Gasteiger partial charge is 0.491 e. The smallest absolute Gasteiger partial charge is 0.227 e. The summed E-state index contributed by atoms with van der Waals surface area (Å²) in [6.07, 6.45) is 5.77. The van der Waals surface area contributed by atoms with E-state index in [0.717, 1.165) is 35.2 Å². The minimum atomic E-state index is -0.487. The number of nitrogens with one attached hydrogen (secondary N) is 2. The molecule has 6 rings (SSSR count). The molecular weight excluding hydrogens is 504 g/mol. The summed E-state index contributed by atoms with van der Waals surface area (Å²) in [5.74, 6) is 1.88. The molecule has 3 N–H and O–H groups in total. The van der Waals surface area contributed by atoms with Gasteiger partial charge < -0.3 is 25.2 Å². The second-order valence-corrected chi connectivity index (χ2v) is 11.2. The number of nitrogens with zero attached hydrogens (tertiary/aromatic N) is 4. The van der Waals surface area contributed by atoms with Gasteiger partial charge in [0.1, 0.15) is 11.8 Å². The molecule has 1 aliphatic carbocycles. The van der Waals surface area contributed by atoms with Crippen LogP contribution in [0.3, 0.4) is 0 Å². The second-order valence-electron chi connectivity index (χ2n) is 11.2. The Kier molecular flexibility index (Phi) is 7.02. The van der Waals surface area contributed by atoms with Crippen molar-refractivity contribution in [3.63, 3.8) is 0 Å². The molecule has 0 bridgehead atoms. The second kappa shape index (κ2) is 10.8. The number of hydrogen-bond donors (Lipinski definition) is 3. The van der Waals surface area contributed by atoms with Gasteiger partial charge in [-0.1, -0.05) is 6.92 Å². The molecule has 1 saturated carbocycles. The molecule has 3 heterocycles. The van der Waals surface area contributed by atoms with E-state index in [1.54, 1.807) is 12.3 Å². The van der Waals surface area contributed by atoms with Crippen molar-refractivity contribution in [2.75, 3.05) is 43.6 Å². The van der Waals surface area contributed by atoms with Gasteiger partial charge in [-0.3, -0.25) is 0 Å². The summed E-state index contributed by atoms with van der Waals surface area (Å²) in [7, 11) is 0. The summed E-state index contributed by atoms with van der Waals surface area (Å²) >= 11 is 0. The van der Waals surface area contributed by atoms with Crippen molar-refractivity contribution in [1.82, 2.24) is 9.97 Å². The predicted octanol–water partition coefficient (Wildman–Crippen LogP) is 4.99. The van der Waals surface area contributed by atoms with E-state index in [1.165, 1.54) is 12.8 Å². The Morgan fingerprint density at radius 3 is 2.65 bits per heavy atom. The standard InChI is InChI=1S/C31H32N6O3/c1-31(18-38)17-35-29-23(15-33)10-21(11-25(29)31)26-4-7-34-30(36-26)37-27-12-22(14-32)24(20-5-8-39-9-6-20)13-28(27)40-16-19-2-3-19/h4,7,10-13,19-20,35,38H,2-3,5-6,8-9,16-18H2,1H3,(H,34,36,37)/t31-/m1/s1. The van der Waals surface area contributed by atoms with Crippen LogP contribution in [0, 0.1) is 28.6 Å². The van der Waals surface area contributed by atoms with E-state index in [2.05, 4.69) is 27.8 Å². The van der Waals surface area contributed by atoms with E-state index in [4.69, 9.17) is 14.5 Å². The Balaban J connectivity index is 1.35. The Labute approximate surface area is 233 Å². The number of benzene rings is 2. The highest BCUT2D eigenvalue weighted by Gasteiger charge is 2.36. The van der Waals surface area contributed by atoms with E-state index in [9.17, 15) is 15.6 Å². The number of aliphatic hydroxyl groups excluding tert-OH is 1. The van der Waals surface area contributed by atoms with Crippen LogP contribution in [0.2, 0.25) is 0 Å². The molecule has 2 fully saturated rings. The van der Waals surface area contributed by atoms with Crippen LogP contribution < -0.4 is 15.4 Å². The summed E-state index contributed by atoms with van der Waals surface area (Å²) in [4.78, 5) is 9.20. The Bertz CT molecular complexity index is 1520. The van der Waals surface area contributed by atoms with Gasteiger partial charge in [0.25, 0.3) is 0 Å². The van der Waals surface area contributed by atoms with E-state index in [0.29, 0.717) is 66.5 Å². The van der Waals surface area contributed by atoms with Crippen molar-refractivity contribution >= 4 is 17.3 Å². The quantitative estimate of drug-likeness (QED) is 0.364. The molecule has 0 radical (unpaired) electrons. The molecule has 204 valence electrons. The summed E-state index contributed by atoms with van der Waals surface area (Å²) in [5.41, 5.74) is 5.35. The molecule has 1 aromatic heterocycles. The van der Waals surface area contributed by atoms with Crippen molar-refractivity contribution in [3.05, 3.63) is 58.8 Å². The molecular formula is C31H32N6O3. The van der Waals surface area contributed by atoms with Crippen molar-refractivity contribution in [1.29, 1.82) is 10.5 Å². The summed E-state index contributed by atoms with van der Waals surface area (Å²) in [6, 6.07) is 14.1. The summed E-state index contributed by atoms with van der Waals surface area (Å²) < 4.78 is 11.8. The topological polar surface area (TPSA) is 136 Å². The average molecular weight is 537 g/mol. The van der Waals surface area contributed by atoms with Crippen molar-refractivity contribution in [3.8, 4) is 29.1 Å². The van der Waals surface area contributed by atoms with Crippen molar-refractivity contribution in [2.24, 2.45) is 5.92 Å². The highest BCUT2D eigenvalue weighted by molar-refractivity contribution is 5.77. The maximum Gasteiger partial charge on any atom is 0.227 e. The SMILES string of the molecule is C[C@]1(CO)CNc2c(C#N)cc(-c3ccnc(Nc4cc(C#N)c(C5CCOCC5)cc4OCC4CC4)n3)cc21. The minimum absolute atomic E-state index is 0.0351. The van der Waals surface area contributed by atoms with Gasteiger partial charge in [-0.05, 0) is 79.0 Å². The summed E-state index contributed by atoms with van der Waals surface area (Å²) in [6.45, 7) is 4.52. The van der Waals surface area contributed by atoms with Gasteiger partial charge in [0.05, 0.1) is 47.5 Å². The molecule has 2 aliphatic heterocycles. The number of nitriles is 2. The zero-order valence-electron chi connectivity index (χ0n) is 22.5. The molecule has 2 aromatic carbocycles. The van der Waals surface area contributed by atoms with E-state index in [-0.39, 0.29) is 12.5 Å². The zero-order chi connectivity index (χ0) is 27.7. The van der Waals surface area contributed by atoms with Crippen LogP contribution in [0.1, 0.15) is 60.8 Å². The van der Waals surface area contributed by atoms with Crippen LogP contribution in [0.15, 0.2) is 36.5 Å². The Morgan fingerprint density at radius 2 is 1.93 bits per heavy atom. The Morgan fingerprint density at radius 1 is 1.12 bits per heavy atom. The lowest BCUT2D eigenvalue weighted by molar-refractivity contribution is 0.0852. The van der Waals surface area contributed by atoms with Gasteiger partial charge >= 0.3 is 0 Å². The maximum atomic E-state index is 10.1. The van der Waals surface area contributed by atoms with Crippen LogP contribution in [0.25, 0.3) is 11.3 Å². The van der Waals surface area contributed by atoms with Gasteiger partial charge in [0.15, 0.2) is 0 Å². The molecule has 0 unspecified atom stereocenters. The molecule has 9 nitrogen and oxygen atoms in total. The highest BCUT2D eigenvalue weighted by Crippen LogP contribution is 2.42. The zero-order valence-corrected chi connectivity index (χ0v) is 22.5. The fourth-order valence-corrected chi connectivity index (χ4v) is 5.51. The number of hydrogen-bond acceptors (Lipinski definition) is 9. The van der Waals surface area contributed by atoms with E-state index in [1.807, 2.05) is 31.2 Å².